The molecule has 8 heteroatoms. The molecule has 29 heavy (non-hydrogen) atoms. The summed E-state index contributed by atoms with van der Waals surface area (Å²) in [6.45, 7) is -0.403. The second-order valence-electron chi connectivity index (χ2n) is 5.95. The van der Waals surface area contributed by atoms with Gasteiger partial charge in [-0.15, -0.1) is 11.8 Å². The molecule has 148 valence electrons. The maximum atomic E-state index is 12.1. The molecule has 0 atom stereocenters. The summed E-state index contributed by atoms with van der Waals surface area (Å²) in [4.78, 5) is 25.0. The minimum Gasteiger partial charge on any atom is -0.497 e. The van der Waals surface area contributed by atoms with Gasteiger partial charge in [0.2, 0.25) is 0 Å². The Morgan fingerprint density at radius 2 is 2.07 bits per heavy atom. The predicted molar refractivity (Wildman–Crippen MR) is 109 cm³/mol. The predicted octanol–water partition coefficient (Wildman–Crippen LogP) is 3.78. The van der Waals surface area contributed by atoms with Crippen LogP contribution in [-0.2, 0) is 20.7 Å². The monoisotopic (exact) mass is 410 g/mol. The lowest BCUT2D eigenvalue weighted by Crippen LogP contribution is -2.21. The first kappa shape index (κ1) is 20.3. The van der Waals surface area contributed by atoms with Crippen molar-refractivity contribution in [2.75, 3.05) is 24.8 Å². The van der Waals surface area contributed by atoms with Crippen molar-refractivity contribution in [1.29, 1.82) is 5.26 Å². The Bertz CT molecular complexity index is 1070. The van der Waals surface area contributed by atoms with Crippen molar-refractivity contribution < 1.29 is 23.5 Å². The molecule has 0 saturated heterocycles. The third-order valence-corrected chi connectivity index (χ3v) is 4.96. The number of hydrogen-bond donors (Lipinski definition) is 1. The van der Waals surface area contributed by atoms with Gasteiger partial charge in [0.1, 0.15) is 11.3 Å². The normalized spacial score (nSPS) is 10.3. The number of anilines is 1. The lowest BCUT2D eigenvalue weighted by molar-refractivity contribution is -0.146. The molecule has 1 N–H and O–H groups in total. The van der Waals surface area contributed by atoms with Crippen LogP contribution in [0.15, 0.2) is 58.0 Å². The van der Waals surface area contributed by atoms with Crippen LogP contribution >= 0.6 is 11.8 Å². The van der Waals surface area contributed by atoms with Gasteiger partial charge in [-0.05, 0) is 24.3 Å². The number of ether oxygens (including phenoxy) is 2. The Labute approximate surface area is 171 Å². The highest BCUT2D eigenvalue weighted by Gasteiger charge is 2.14. The van der Waals surface area contributed by atoms with Crippen LogP contribution in [0.5, 0.6) is 5.75 Å². The Balaban J connectivity index is 1.55. The Hall–Kier alpha value is -3.44. The van der Waals surface area contributed by atoms with Gasteiger partial charge in [0.25, 0.3) is 5.91 Å². The van der Waals surface area contributed by atoms with Crippen LogP contribution in [0, 0.1) is 11.3 Å². The zero-order valence-corrected chi connectivity index (χ0v) is 16.5. The van der Waals surface area contributed by atoms with Crippen LogP contribution < -0.4 is 10.1 Å². The third kappa shape index (κ3) is 5.30. The number of carbonyl (C=O) groups is 2. The number of carbonyl (C=O) groups excluding carboxylic acids is 2. The van der Waals surface area contributed by atoms with Crippen LogP contribution in [-0.4, -0.2) is 31.3 Å². The highest BCUT2D eigenvalue weighted by Crippen LogP contribution is 2.27. The summed E-state index contributed by atoms with van der Waals surface area (Å²) in [5, 5.41) is 12.2. The molecule has 0 unspecified atom stereocenters. The molecule has 0 radical (unpaired) electrons. The van der Waals surface area contributed by atoms with E-state index in [0.29, 0.717) is 22.6 Å². The summed E-state index contributed by atoms with van der Waals surface area (Å²) < 4.78 is 15.7. The number of methoxy groups -OCH3 is 1. The van der Waals surface area contributed by atoms with Crippen molar-refractivity contribution in [3.8, 4) is 11.8 Å². The number of rotatable bonds is 8. The fraction of sp³-hybridized carbons (Fsp3) is 0.190. The standard InChI is InChI=1S/C21H18N2O5S/c1-26-15-6-7-16-14(12-27-18(16)11-15)10-21(25)28-13-20(24)23-17-4-2-3-5-19(17)29-9-8-22/h2-7,11-12H,9-10,13H2,1H3,(H,23,24). The van der Waals surface area contributed by atoms with E-state index in [1.807, 2.05) is 24.3 Å². The molecule has 0 bridgehead atoms. The van der Waals surface area contributed by atoms with Crippen molar-refractivity contribution in [1.82, 2.24) is 0 Å². The molecule has 1 aromatic heterocycles. The second kappa shape index (κ2) is 9.66. The molecule has 0 fully saturated rings. The van der Waals surface area contributed by atoms with Gasteiger partial charge in [0.05, 0.1) is 37.3 Å². The number of nitrogens with one attached hydrogen (secondary N) is 1. The molecule has 0 aliphatic rings. The average molecular weight is 410 g/mol. The zero-order valence-electron chi connectivity index (χ0n) is 15.6. The number of nitriles is 1. The van der Waals surface area contributed by atoms with E-state index in [1.54, 1.807) is 31.4 Å². The molecule has 0 saturated carbocycles. The van der Waals surface area contributed by atoms with E-state index in [1.165, 1.54) is 18.0 Å². The van der Waals surface area contributed by atoms with Gasteiger partial charge in [-0.1, -0.05) is 12.1 Å². The molecule has 0 aliphatic carbocycles. The van der Waals surface area contributed by atoms with E-state index in [9.17, 15) is 9.59 Å². The van der Waals surface area contributed by atoms with E-state index in [0.717, 1.165) is 10.3 Å². The Kier molecular flexibility index (Phi) is 6.76. The van der Waals surface area contributed by atoms with Crippen molar-refractivity contribution in [2.45, 2.75) is 11.3 Å². The first-order valence-corrected chi connectivity index (χ1v) is 9.67. The fourth-order valence-corrected chi connectivity index (χ4v) is 3.34. The Morgan fingerprint density at radius 1 is 1.24 bits per heavy atom. The van der Waals surface area contributed by atoms with Gasteiger partial charge in [-0.25, -0.2) is 0 Å². The highest BCUT2D eigenvalue weighted by atomic mass is 32.2. The molecule has 1 amide bonds. The maximum Gasteiger partial charge on any atom is 0.310 e. The van der Waals surface area contributed by atoms with Gasteiger partial charge in [-0.2, -0.15) is 5.26 Å². The van der Waals surface area contributed by atoms with Crippen molar-refractivity contribution in [3.05, 3.63) is 54.3 Å². The van der Waals surface area contributed by atoms with Crippen LogP contribution in [0.1, 0.15) is 5.56 Å². The summed E-state index contributed by atoms with van der Waals surface area (Å²) >= 11 is 1.32. The molecule has 0 aliphatic heterocycles. The topological polar surface area (TPSA) is 102 Å². The van der Waals surface area contributed by atoms with E-state index in [2.05, 4.69) is 5.32 Å². The number of furan rings is 1. The number of para-hydroxylation sites is 1. The molecule has 3 rings (SSSR count). The number of hydrogen-bond acceptors (Lipinski definition) is 7. The average Bonchev–Trinajstić information content (AvgIpc) is 3.13. The number of benzene rings is 2. The number of esters is 1. The number of amides is 1. The first-order valence-electron chi connectivity index (χ1n) is 8.69. The number of thioether (sulfide) groups is 1. The summed E-state index contributed by atoms with van der Waals surface area (Å²) in [7, 11) is 1.56. The van der Waals surface area contributed by atoms with Crippen molar-refractivity contribution >= 4 is 40.3 Å². The zero-order chi connectivity index (χ0) is 20.6. The third-order valence-electron chi connectivity index (χ3n) is 4.02. The smallest absolute Gasteiger partial charge is 0.310 e. The largest absolute Gasteiger partial charge is 0.497 e. The van der Waals surface area contributed by atoms with Gasteiger partial charge in [0, 0.05) is 21.9 Å². The summed E-state index contributed by atoms with van der Waals surface area (Å²) in [5.74, 6) is -0.0614. The Morgan fingerprint density at radius 3 is 2.86 bits per heavy atom. The van der Waals surface area contributed by atoms with Crippen LogP contribution in [0.2, 0.25) is 0 Å². The molecule has 3 aromatic rings. The van der Waals surface area contributed by atoms with Crippen LogP contribution in [0.4, 0.5) is 5.69 Å². The van der Waals surface area contributed by atoms with Crippen molar-refractivity contribution in [2.24, 2.45) is 0 Å². The summed E-state index contributed by atoms with van der Waals surface area (Å²) in [6, 6.07) is 14.5. The van der Waals surface area contributed by atoms with E-state index < -0.39 is 18.5 Å². The first-order chi connectivity index (χ1) is 14.1. The van der Waals surface area contributed by atoms with E-state index in [4.69, 9.17) is 19.2 Å². The van der Waals surface area contributed by atoms with Crippen LogP contribution in [0.3, 0.4) is 0 Å². The van der Waals surface area contributed by atoms with Gasteiger partial charge in [0.15, 0.2) is 6.61 Å². The van der Waals surface area contributed by atoms with Crippen molar-refractivity contribution in [3.63, 3.8) is 0 Å². The fourth-order valence-electron chi connectivity index (χ4n) is 2.67. The van der Waals surface area contributed by atoms with Gasteiger partial charge >= 0.3 is 5.97 Å². The molecule has 7 nitrogen and oxygen atoms in total. The molecule has 2 aromatic carbocycles. The maximum absolute atomic E-state index is 12.1. The minimum atomic E-state index is -0.536. The second-order valence-corrected chi connectivity index (χ2v) is 6.97. The number of nitrogens with zero attached hydrogens (tertiary/aromatic N) is 1. The SMILES string of the molecule is COc1ccc2c(CC(=O)OCC(=O)Nc3ccccc3SCC#N)coc2c1. The highest BCUT2D eigenvalue weighted by molar-refractivity contribution is 7.99. The molecular weight excluding hydrogens is 392 g/mol. The summed E-state index contributed by atoms with van der Waals surface area (Å²) in [5.41, 5.74) is 1.85. The quantitative estimate of drug-likeness (QED) is 0.445. The lowest BCUT2D eigenvalue weighted by atomic mass is 10.1. The minimum absolute atomic E-state index is 0.0127. The van der Waals surface area contributed by atoms with E-state index in [-0.39, 0.29) is 12.2 Å². The molecule has 1 heterocycles. The lowest BCUT2D eigenvalue weighted by Gasteiger charge is -2.10. The van der Waals surface area contributed by atoms with Gasteiger partial charge < -0.3 is 19.2 Å². The van der Waals surface area contributed by atoms with Gasteiger partial charge in [-0.3, -0.25) is 9.59 Å². The summed E-state index contributed by atoms with van der Waals surface area (Å²) in [6.07, 6.45) is 1.48. The molecule has 0 spiro atoms. The van der Waals surface area contributed by atoms with Crippen LogP contribution in [0.25, 0.3) is 11.0 Å². The number of fused-ring (bicyclic) bond motifs is 1. The van der Waals surface area contributed by atoms with E-state index >= 15 is 0 Å². The molecular formula is C21H18N2O5S.